The first-order valence-corrected chi connectivity index (χ1v) is 5.85. The molecule has 102 valence electrons. The summed E-state index contributed by atoms with van der Waals surface area (Å²) in [7, 11) is 0. The van der Waals surface area contributed by atoms with Crippen molar-refractivity contribution in [1.82, 2.24) is 0 Å². The van der Waals surface area contributed by atoms with Gasteiger partial charge in [0.15, 0.2) is 0 Å². The summed E-state index contributed by atoms with van der Waals surface area (Å²) in [5, 5.41) is 10.0. The van der Waals surface area contributed by atoms with E-state index in [0.717, 1.165) is 17.9 Å². The van der Waals surface area contributed by atoms with Crippen LogP contribution >= 0.6 is 0 Å². The lowest BCUT2D eigenvalue weighted by atomic mass is 10.1. The van der Waals surface area contributed by atoms with Crippen LogP contribution in [0.1, 0.15) is 35.7 Å². The second-order valence-electron chi connectivity index (χ2n) is 4.18. The Morgan fingerprint density at radius 1 is 1.11 bits per heavy atom. The van der Waals surface area contributed by atoms with Crippen molar-refractivity contribution in [2.45, 2.75) is 25.6 Å². The molecule has 1 aromatic carbocycles. The maximum Gasteiger partial charge on any atom is 0.416 e. The Balaban J connectivity index is 2.22. The quantitative estimate of drug-likeness (QED) is 0.916. The number of hydrogen-bond donors (Lipinski definition) is 1. The summed E-state index contributed by atoms with van der Waals surface area (Å²) in [6.07, 6.45) is -4.73. The normalized spacial score (nSPS) is 13.5. The third kappa shape index (κ3) is 2.98. The second-order valence-corrected chi connectivity index (χ2v) is 4.18. The first kappa shape index (κ1) is 13.7. The van der Waals surface area contributed by atoms with Gasteiger partial charge in [-0.2, -0.15) is 13.2 Å². The second kappa shape index (κ2) is 5.09. The van der Waals surface area contributed by atoms with Crippen molar-refractivity contribution in [3.63, 3.8) is 0 Å². The summed E-state index contributed by atoms with van der Waals surface area (Å²) in [4.78, 5) is 0. The van der Waals surface area contributed by atoms with Gasteiger partial charge in [-0.1, -0.05) is 19.1 Å². The number of hydrogen-bond acceptors (Lipinski definition) is 2. The predicted octanol–water partition coefficient (Wildman–Crippen LogP) is 3.94. The first-order chi connectivity index (χ1) is 8.91. The molecule has 1 unspecified atom stereocenters. The number of aliphatic hydroxyl groups excluding tert-OH is 1. The fraction of sp³-hybridized carbons (Fsp3) is 0.286. The summed E-state index contributed by atoms with van der Waals surface area (Å²) in [6, 6.07) is 7.76. The summed E-state index contributed by atoms with van der Waals surface area (Å²) >= 11 is 0. The van der Waals surface area contributed by atoms with E-state index in [1.165, 1.54) is 12.1 Å². The molecule has 0 aliphatic heterocycles. The van der Waals surface area contributed by atoms with Crippen molar-refractivity contribution in [2.24, 2.45) is 0 Å². The van der Waals surface area contributed by atoms with Gasteiger partial charge in [0.1, 0.15) is 17.6 Å². The van der Waals surface area contributed by atoms with Crippen molar-refractivity contribution in [3.8, 4) is 0 Å². The van der Waals surface area contributed by atoms with Crippen molar-refractivity contribution < 1.29 is 22.7 Å². The minimum absolute atomic E-state index is 0.330. The van der Waals surface area contributed by atoms with Crippen LogP contribution in [0.4, 0.5) is 13.2 Å². The minimum Gasteiger partial charge on any atom is -0.463 e. The average Bonchev–Trinajstić information content (AvgIpc) is 2.86. The predicted molar refractivity (Wildman–Crippen MR) is 63.6 cm³/mol. The number of halogens is 3. The van der Waals surface area contributed by atoms with Gasteiger partial charge in [0.25, 0.3) is 0 Å². The fourth-order valence-electron chi connectivity index (χ4n) is 1.75. The van der Waals surface area contributed by atoms with Gasteiger partial charge < -0.3 is 9.52 Å². The van der Waals surface area contributed by atoms with E-state index in [1.54, 1.807) is 12.1 Å². The zero-order valence-corrected chi connectivity index (χ0v) is 10.2. The van der Waals surface area contributed by atoms with Crippen LogP contribution in [0, 0.1) is 0 Å². The Morgan fingerprint density at radius 2 is 1.74 bits per heavy atom. The molecule has 2 aromatic rings. The van der Waals surface area contributed by atoms with Crippen LogP contribution in [-0.4, -0.2) is 5.11 Å². The molecule has 1 aromatic heterocycles. The zero-order chi connectivity index (χ0) is 14.0. The molecule has 0 saturated heterocycles. The maximum atomic E-state index is 12.4. The molecule has 0 spiro atoms. The number of benzene rings is 1. The molecule has 19 heavy (non-hydrogen) atoms. The van der Waals surface area contributed by atoms with E-state index in [9.17, 15) is 18.3 Å². The highest BCUT2D eigenvalue weighted by molar-refractivity contribution is 5.30. The first-order valence-electron chi connectivity index (χ1n) is 5.85. The van der Waals surface area contributed by atoms with Crippen LogP contribution in [0.3, 0.4) is 0 Å². The Kier molecular flexibility index (Phi) is 3.66. The van der Waals surface area contributed by atoms with E-state index in [0.29, 0.717) is 17.7 Å². The monoisotopic (exact) mass is 270 g/mol. The Labute approximate surface area is 108 Å². The van der Waals surface area contributed by atoms with Crippen LogP contribution in [0.2, 0.25) is 0 Å². The van der Waals surface area contributed by atoms with Gasteiger partial charge in [-0.3, -0.25) is 0 Å². The van der Waals surface area contributed by atoms with Gasteiger partial charge in [-0.05, 0) is 29.8 Å². The number of aliphatic hydroxyl groups is 1. The summed E-state index contributed by atoms with van der Waals surface area (Å²) < 4.78 is 42.6. The lowest BCUT2D eigenvalue weighted by Crippen LogP contribution is -2.05. The molecule has 1 atom stereocenters. The van der Waals surface area contributed by atoms with Gasteiger partial charge in [0.05, 0.1) is 5.56 Å². The molecular formula is C14H13F3O2. The van der Waals surface area contributed by atoms with E-state index < -0.39 is 17.8 Å². The molecule has 0 bridgehead atoms. The maximum absolute atomic E-state index is 12.4. The highest BCUT2D eigenvalue weighted by atomic mass is 19.4. The number of aryl methyl sites for hydroxylation is 1. The molecule has 0 aliphatic carbocycles. The molecule has 0 saturated carbocycles. The Bertz CT molecular complexity index is 541. The molecule has 5 heteroatoms. The molecule has 2 rings (SSSR count). The largest absolute Gasteiger partial charge is 0.463 e. The highest BCUT2D eigenvalue weighted by Gasteiger charge is 2.30. The van der Waals surface area contributed by atoms with E-state index in [4.69, 9.17) is 4.42 Å². The van der Waals surface area contributed by atoms with E-state index >= 15 is 0 Å². The van der Waals surface area contributed by atoms with Crippen molar-refractivity contribution >= 4 is 0 Å². The topological polar surface area (TPSA) is 33.4 Å². The Hall–Kier alpha value is -1.75. The van der Waals surface area contributed by atoms with Crippen LogP contribution in [0.15, 0.2) is 40.8 Å². The van der Waals surface area contributed by atoms with Gasteiger partial charge in [0, 0.05) is 6.42 Å². The van der Waals surface area contributed by atoms with Gasteiger partial charge in [0.2, 0.25) is 0 Å². The van der Waals surface area contributed by atoms with Crippen LogP contribution < -0.4 is 0 Å². The molecule has 1 heterocycles. The highest BCUT2D eigenvalue weighted by Crippen LogP contribution is 2.31. The van der Waals surface area contributed by atoms with Crippen molar-refractivity contribution in [3.05, 3.63) is 59.0 Å². The molecular weight excluding hydrogens is 257 g/mol. The van der Waals surface area contributed by atoms with E-state index in [2.05, 4.69) is 0 Å². The SMILES string of the molecule is CCc1ccc(C(O)c2ccc(C(F)(F)F)cc2)o1. The number of furan rings is 1. The minimum atomic E-state index is -4.37. The zero-order valence-electron chi connectivity index (χ0n) is 10.2. The number of rotatable bonds is 3. The lowest BCUT2D eigenvalue weighted by Gasteiger charge is -2.10. The van der Waals surface area contributed by atoms with Crippen LogP contribution in [-0.2, 0) is 12.6 Å². The summed E-state index contributed by atoms with van der Waals surface area (Å²) in [5.74, 6) is 1.05. The van der Waals surface area contributed by atoms with Gasteiger partial charge in [-0.25, -0.2) is 0 Å². The smallest absolute Gasteiger partial charge is 0.416 e. The summed E-state index contributed by atoms with van der Waals surface area (Å²) in [5.41, 5.74) is -0.373. The number of alkyl halides is 3. The van der Waals surface area contributed by atoms with E-state index in [1.807, 2.05) is 6.92 Å². The standard InChI is InChI=1S/C14H13F3O2/c1-2-11-7-8-12(19-11)13(18)9-3-5-10(6-4-9)14(15,16)17/h3-8,13,18H,2H2,1H3. The van der Waals surface area contributed by atoms with Crippen LogP contribution in [0.5, 0.6) is 0 Å². The molecule has 2 nitrogen and oxygen atoms in total. The van der Waals surface area contributed by atoms with Crippen LogP contribution in [0.25, 0.3) is 0 Å². The molecule has 0 amide bonds. The van der Waals surface area contributed by atoms with Crippen molar-refractivity contribution in [2.75, 3.05) is 0 Å². The van der Waals surface area contributed by atoms with Crippen molar-refractivity contribution in [1.29, 1.82) is 0 Å². The average molecular weight is 270 g/mol. The van der Waals surface area contributed by atoms with Gasteiger partial charge in [-0.15, -0.1) is 0 Å². The lowest BCUT2D eigenvalue weighted by molar-refractivity contribution is -0.137. The molecule has 0 aliphatic rings. The fourth-order valence-corrected chi connectivity index (χ4v) is 1.75. The molecule has 0 radical (unpaired) electrons. The molecule has 0 fully saturated rings. The van der Waals surface area contributed by atoms with Gasteiger partial charge >= 0.3 is 6.18 Å². The molecule has 1 N–H and O–H groups in total. The van der Waals surface area contributed by atoms with E-state index in [-0.39, 0.29) is 0 Å². The Morgan fingerprint density at radius 3 is 2.21 bits per heavy atom. The third-order valence-corrected chi connectivity index (χ3v) is 2.85. The summed E-state index contributed by atoms with van der Waals surface area (Å²) in [6.45, 7) is 1.91. The third-order valence-electron chi connectivity index (χ3n) is 2.85.